The Labute approximate surface area is 130 Å². The number of nitrogens with zero attached hydrogens (tertiary/aromatic N) is 2. The Morgan fingerprint density at radius 3 is 2.36 bits per heavy atom. The third kappa shape index (κ3) is 3.03. The predicted molar refractivity (Wildman–Crippen MR) is 83.5 cm³/mol. The fourth-order valence-corrected chi connectivity index (χ4v) is 3.06. The summed E-state index contributed by atoms with van der Waals surface area (Å²) in [7, 11) is 0. The van der Waals surface area contributed by atoms with Crippen LogP contribution in [0.1, 0.15) is 33.6 Å². The van der Waals surface area contributed by atoms with E-state index in [0.717, 1.165) is 25.1 Å². The van der Waals surface area contributed by atoms with Crippen molar-refractivity contribution in [1.29, 1.82) is 0 Å². The van der Waals surface area contributed by atoms with Crippen molar-refractivity contribution < 1.29 is 13.9 Å². The van der Waals surface area contributed by atoms with E-state index in [4.69, 9.17) is 4.74 Å². The lowest BCUT2D eigenvalue weighted by Crippen LogP contribution is -2.57. The zero-order valence-electron chi connectivity index (χ0n) is 13.4. The molecular formula is C17H23FN2O2. The number of hydrogen-bond acceptors (Lipinski definition) is 3. The van der Waals surface area contributed by atoms with Crippen LogP contribution >= 0.6 is 0 Å². The number of hydrogen-bond donors (Lipinski definition) is 0. The first-order valence-corrected chi connectivity index (χ1v) is 7.80. The largest absolute Gasteiger partial charge is 0.444 e. The van der Waals surface area contributed by atoms with Crippen molar-refractivity contribution in [2.45, 2.75) is 44.8 Å². The van der Waals surface area contributed by atoms with Gasteiger partial charge in [0.25, 0.3) is 0 Å². The molecule has 1 aliphatic heterocycles. The highest BCUT2D eigenvalue weighted by Gasteiger charge is 2.52. The maximum atomic E-state index is 13.1. The van der Waals surface area contributed by atoms with E-state index >= 15 is 0 Å². The molecule has 2 aliphatic rings. The normalized spacial score (nSPS) is 20.2. The maximum absolute atomic E-state index is 13.1. The first-order valence-electron chi connectivity index (χ1n) is 7.80. The van der Waals surface area contributed by atoms with Crippen molar-refractivity contribution in [3.05, 3.63) is 30.1 Å². The summed E-state index contributed by atoms with van der Waals surface area (Å²) in [6.07, 6.45) is 1.88. The molecule has 22 heavy (non-hydrogen) atoms. The lowest BCUT2D eigenvalue weighted by Gasteiger charge is -2.43. The van der Waals surface area contributed by atoms with E-state index < -0.39 is 5.60 Å². The minimum Gasteiger partial charge on any atom is -0.444 e. The van der Waals surface area contributed by atoms with Gasteiger partial charge in [0.15, 0.2) is 0 Å². The smallest absolute Gasteiger partial charge is 0.410 e. The molecule has 1 amide bonds. The van der Waals surface area contributed by atoms with Gasteiger partial charge in [-0.1, -0.05) is 0 Å². The van der Waals surface area contributed by atoms with Gasteiger partial charge < -0.3 is 14.5 Å². The first-order chi connectivity index (χ1) is 10.3. The zero-order chi connectivity index (χ0) is 16.0. The molecule has 0 N–H and O–H groups in total. The molecule has 1 aromatic carbocycles. The van der Waals surface area contributed by atoms with Crippen LogP contribution in [0.2, 0.25) is 0 Å². The van der Waals surface area contributed by atoms with Gasteiger partial charge in [-0.15, -0.1) is 0 Å². The molecule has 1 aromatic rings. The lowest BCUT2D eigenvalue weighted by molar-refractivity contribution is 0.0205. The second kappa shape index (κ2) is 5.14. The average Bonchev–Trinajstić information content (AvgIpc) is 3.18. The molecule has 120 valence electrons. The van der Waals surface area contributed by atoms with Crippen molar-refractivity contribution in [3.63, 3.8) is 0 Å². The molecule has 2 fully saturated rings. The van der Waals surface area contributed by atoms with Crippen LogP contribution in [0.3, 0.4) is 0 Å². The van der Waals surface area contributed by atoms with Gasteiger partial charge in [0.1, 0.15) is 11.4 Å². The lowest BCUT2D eigenvalue weighted by atomic mass is 10.1. The van der Waals surface area contributed by atoms with Crippen LogP contribution < -0.4 is 4.90 Å². The number of carbonyl (C=O) groups is 1. The van der Waals surface area contributed by atoms with Gasteiger partial charge >= 0.3 is 6.09 Å². The van der Waals surface area contributed by atoms with Crippen LogP contribution in [0.25, 0.3) is 0 Å². The average molecular weight is 306 g/mol. The Morgan fingerprint density at radius 1 is 1.18 bits per heavy atom. The van der Waals surface area contributed by atoms with Gasteiger partial charge in [0, 0.05) is 25.3 Å². The Balaban J connectivity index is 1.71. The SMILES string of the molecule is CC(C)(C)OC(=O)N1CCN(c2ccc(F)cc2)C2(CC2)C1. The summed E-state index contributed by atoms with van der Waals surface area (Å²) < 4.78 is 18.6. The standard InChI is InChI=1S/C17H23FN2O2/c1-16(2,3)22-15(21)19-10-11-20(17(12-19)8-9-17)14-6-4-13(18)5-7-14/h4-7H,8-12H2,1-3H3. The van der Waals surface area contributed by atoms with Crippen molar-refractivity contribution in [3.8, 4) is 0 Å². The third-order valence-electron chi connectivity index (χ3n) is 4.27. The molecule has 0 unspecified atom stereocenters. The van der Waals surface area contributed by atoms with E-state index in [2.05, 4.69) is 4.90 Å². The molecule has 0 bridgehead atoms. The van der Waals surface area contributed by atoms with Crippen LogP contribution in [0.5, 0.6) is 0 Å². The maximum Gasteiger partial charge on any atom is 0.410 e. The van der Waals surface area contributed by atoms with Gasteiger partial charge in [-0.05, 0) is 57.9 Å². The minimum absolute atomic E-state index is 0.00693. The molecule has 0 aromatic heterocycles. The molecule has 3 rings (SSSR count). The predicted octanol–water partition coefficient (Wildman–Crippen LogP) is 3.42. The van der Waals surface area contributed by atoms with E-state index in [0.29, 0.717) is 13.1 Å². The van der Waals surface area contributed by atoms with E-state index in [9.17, 15) is 9.18 Å². The van der Waals surface area contributed by atoms with Gasteiger partial charge in [0.2, 0.25) is 0 Å². The zero-order valence-corrected chi connectivity index (χ0v) is 13.4. The quantitative estimate of drug-likeness (QED) is 0.797. The van der Waals surface area contributed by atoms with Crippen molar-refractivity contribution in [2.75, 3.05) is 24.5 Å². The number of piperazine rings is 1. The van der Waals surface area contributed by atoms with Crippen LogP contribution in [0.15, 0.2) is 24.3 Å². The molecule has 0 radical (unpaired) electrons. The molecule has 5 heteroatoms. The van der Waals surface area contributed by atoms with E-state index in [-0.39, 0.29) is 17.4 Å². The number of halogens is 1. The monoisotopic (exact) mass is 306 g/mol. The van der Waals surface area contributed by atoms with Crippen molar-refractivity contribution in [1.82, 2.24) is 4.90 Å². The minimum atomic E-state index is -0.470. The molecular weight excluding hydrogens is 283 g/mol. The fraction of sp³-hybridized carbons (Fsp3) is 0.588. The van der Waals surface area contributed by atoms with Gasteiger partial charge in [-0.2, -0.15) is 0 Å². The van der Waals surface area contributed by atoms with Gasteiger partial charge in [-0.3, -0.25) is 0 Å². The first kappa shape index (κ1) is 15.1. The highest BCUT2D eigenvalue weighted by Crippen LogP contribution is 2.46. The van der Waals surface area contributed by atoms with E-state index in [1.54, 1.807) is 4.90 Å². The summed E-state index contributed by atoms with van der Waals surface area (Å²) >= 11 is 0. The Bertz CT molecular complexity index is 561. The molecule has 0 atom stereocenters. The van der Waals surface area contributed by atoms with Crippen LogP contribution in [-0.4, -0.2) is 41.8 Å². The Kier molecular flexibility index (Phi) is 3.54. The number of ether oxygens (including phenoxy) is 1. The highest BCUT2D eigenvalue weighted by molar-refractivity contribution is 5.69. The number of benzene rings is 1. The number of carbonyl (C=O) groups excluding carboxylic acids is 1. The molecule has 1 spiro atoms. The van der Waals surface area contributed by atoms with Crippen LogP contribution in [0.4, 0.5) is 14.9 Å². The van der Waals surface area contributed by atoms with Crippen molar-refractivity contribution in [2.24, 2.45) is 0 Å². The summed E-state index contributed by atoms with van der Waals surface area (Å²) in [4.78, 5) is 16.4. The molecule has 1 saturated heterocycles. The Morgan fingerprint density at radius 2 is 1.82 bits per heavy atom. The molecule has 4 nitrogen and oxygen atoms in total. The van der Waals surface area contributed by atoms with Crippen LogP contribution in [-0.2, 0) is 4.74 Å². The van der Waals surface area contributed by atoms with Gasteiger partial charge in [-0.25, -0.2) is 9.18 Å². The molecule has 1 saturated carbocycles. The Hall–Kier alpha value is -1.78. The summed E-state index contributed by atoms with van der Waals surface area (Å²) in [5, 5.41) is 0. The fourth-order valence-electron chi connectivity index (χ4n) is 3.06. The van der Waals surface area contributed by atoms with Gasteiger partial charge in [0.05, 0.1) is 5.54 Å². The number of amides is 1. The summed E-state index contributed by atoms with van der Waals surface area (Å²) in [5.74, 6) is -0.221. The second-order valence-corrected chi connectivity index (χ2v) is 7.25. The van der Waals surface area contributed by atoms with Crippen molar-refractivity contribution >= 4 is 11.8 Å². The molecule has 1 heterocycles. The summed E-state index contributed by atoms with van der Waals surface area (Å²) in [5.41, 5.74) is 0.567. The second-order valence-electron chi connectivity index (χ2n) is 7.25. The molecule has 1 aliphatic carbocycles. The topological polar surface area (TPSA) is 32.8 Å². The van der Waals surface area contributed by atoms with E-state index in [1.165, 1.54) is 12.1 Å². The number of rotatable bonds is 1. The summed E-state index contributed by atoms with van der Waals surface area (Å²) in [6, 6.07) is 6.62. The van der Waals surface area contributed by atoms with E-state index in [1.807, 2.05) is 32.9 Å². The third-order valence-corrected chi connectivity index (χ3v) is 4.27. The summed E-state index contributed by atoms with van der Waals surface area (Å²) in [6.45, 7) is 7.71. The number of anilines is 1. The van der Waals surface area contributed by atoms with Crippen LogP contribution in [0, 0.1) is 5.82 Å². The highest BCUT2D eigenvalue weighted by atomic mass is 19.1.